The van der Waals surface area contributed by atoms with Crippen LogP contribution >= 0.6 is 0 Å². The molecule has 3 heteroatoms. The predicted octanol–water partition coefficient (Wildman–Crippen LogP) is 3.47. The molecule has 114 valence electrons. The second-order valence-corrected chi connectivity index (χ2v) is 5.09. The predicted molar refractivity (Wildman–Crippen MR) is 86.4 cm³/mol. The molecular formula is C17H30N2O. The molecule has 0 heterocycles. The van der Waals surface area contributed by atoms with E-state index < -0.39 is 0 Å². The van der Waals surface area contributed by atoms with Crippen LogP contribution in [0.15, 0.2) is 24.3 Å². The Balaban J connectivity index is 2.56. The molecule has 0 saturated carbocycles. The SMILES string of the molecule is CCCNC(C)c1ccccc1OCCN(CC)CC. The van der Waals surface area contributed by atoms with Gasteiger partial charge in [-0.25, -0.2) is 0 Å². The minimum absolute atomic E-state index is 0.333. The van der Waals surface area contributed by atoms with E-state index in [1.807, 2.05) is 6.07 Å². The van der Waals surface area contributed by atoms with Crippen molar-refractivity contribution >= 4 is 0 Å². The zero-order chi connectivity index (χ0) is 14.8. The Bertz CT molecular complexity index is 364. The maximum absolute atomic E-state index is 5.99. The average Bonchev–Trinajstić information content (AvgIpc) is 2.49. The Morgan fingerprint density at radius 2 is 1.85 bits per heavy atom. The van der Waals surface area contributed by atoms with Crippen molar-refractivity contribution in [1.82, 2.24) is 10.2 Å². The van der Waals surface area contributed by atoms with Crippen LogP contribution in [0.4, 0.5) is 0 Å². The summed E-state index contributed by atoms with van der Waals surface area (Å²) in [5.74, 6) is 1.01. The lowest BCUT2D eigenvalue weighted by Gasteiger charge is -2.21. The second kappa shape index (κ2) is 9.78. The van der Waals surface area contributed by atoms with Crippen LogP contribution in [0.25, 0.3) is 0 Å². The van der Waals surface area contributed by atoms with Gasteiger partial charge in [-0.2, -0.15) is 0 Å². The van der Waals surface area contributed by atoms with Gasteiger partial charge in [-0.05, 0) is 39.0 Å². The number of hydrogen-bond acceptors (Lipinski definition) is 3. The highest BCUT2D eigenvalue weighted by atomic mass is 16.5. The first-order chi connectivity index (χ1) is 9.72. The number of likely N-dealkylation sites (N-methyl/N-ethyl adjacent to an activating group) is 1. The Kier molecular flexibility index (Phi) is 8.31. The quantitative estimate of drug-likeness (QED) is 0.709. The van der Waals surface area contributed by atoms with Gasteiger partial charge in [-0.3, -0.25) is 0 Å². The number of nitrogens with zero attached hydrogens (tertiary/aromatic N) is 1. The lowest BCUT2D eigenvalue weighted by Crippen LogP contribution is -2.28. The second-order valence-electron chi connectivity index (χ2n) is 5.09. The summed E-state index contributed by atoms with van der Waals surface area (Å²) in [6.07, 6.45) is 1.15. The van der Waals surface area contributed by atoms with E-state index in [0.29, 0.717) is 6.04 Å². The molecule has 1 N–H and O–H groups in total. The maximum Gasteiger partial charge on any atom is 0.124 e. The van der Waals surface area contributed by atoms with Crippen molar-refractivity contribution in [1.29, 1.82) is 0 Å². The van der Waals surface area contributed by atoms with Gasteiger partial charge in [0.05, 0.1) is 0 Å². The minimum Gasteiger partial charge on any atom is -0.492 e. The van der Waals surface area contributed by atoms with Gasteiger partial charge in [0.1, 0.15) is 12.4 Å². The molecule has 20 heavy (non-hydrogen) atoms. The highest BCUT2D eigenvalue weighted by Crippen LogP contribution is 2.24. The Morgan fingerprint density at radius 1 is 1.15 bits per heavy atom. The zero-order valence-electron chi connectivity index (χ0n) is 13.5. The van der Waals surface area contributed by atoms with Crippen LogP contribution in [0.2, 0.25) is 0 Å². The first kappa shape index (κ1) is 17.0. The summed E-state index contributed by atoms with van der Waals surface area (Å²) in [6, 6.07) is 8.68. The van der Waals surface area contributed by atoms with Gasteiger partial charge >= 0.3 is 0 Å². The minimum atomic E-state index is 0.333. The monoisotopic (exact) mass is 278 g/mol. The summed E-state index contributed by atoms with van der Waals surface area (Å²) >= 11 is 0. The first-order valence-electron chi connectivity index (χ1n) is 7.90. The van der Waals surface area contributed by atoms with Crippen LogP contribution in [0.3, 0.4) is 0 Å². The molecule has 1 unspecified atom stereocenters. The van der Waals surface area contributed by atoms with E-state index in [1.54, 1.807) is 0 Å². The van der Waals surface area contributed by atoms with Crippen molar-refractivity contribution in [3.63, 3.8) is 0 Å². The molecular weight excluding hydrogens is 248 g/mol. The molecule has 1 aromatic rings. The Morgan fingerprint density at radius 3 is 2.50 bits per heavy atom. The van der Waals surface area contributed by atoms with E-state index in [9.17, 15) is 0 Å². The normalized spacial score (nSPS) is 12.7. The summed E-state index contributed by atoms with van der Waals surface area (Å²) < 4.78 is 5.99. The van der Waals surface area contributed by atoms with Gasteiger partial charge in [0, 0.05) is 18.2 Å². The fourth-order valence-electron chi connectivity index (χ4n) is 2.27. The van der Waals surface area contributed by atoms with Gasteiger partial charge in [0.2, 0.25) is 0 Å². The topological polar surface area (TPSA) is 24.5 Å². The third-order valence-corrected chi connectivity index (χ3v) is 3.65. The van der Waals surface area contributed by atoms with Gasteiger partial charge in [0.15, 0.2) is 0 Å². The van der Waals surface area contributed by atoms with Crippen LogP contribution in [0, 0.1) is 0 Å². The molecule has 0 spiro atoms. The van der Waals surface area contributed by atoms with E-state index in [2.05, 4.69) is 56.1 Å². The summed E-state index contributed by atoms with van der Waals surface area (Å²) in [7, 11) is 0. The lowest BCUT2D eigenvalue weighted by atomic mass is 10.1. The highest BCUT2D eigenvalue weighted by molar-refractivity contribution is 5.35. The van der Waals surface area contributed by atoms with E-state index in [0.717, 1.165) is 45.0 Å². The van der Waals surface area contributed by atoms with Gasteiger partial charge in [-0.15, -0.1) is 0 Å². The van der Waals surface area contributed by atoms with Gasteiger partial charge in [0.25, 0.3) is 0 Å². The molecule has 0 fully saturated rings. The molecule has 0 aliphatic rings. The number of benzene rings is 1. The number of para-hydroxylation sites is 1. The highest BCUT2D eigenvalue weighted by Gasteiger charge is 2.10. The molecule has 0 radical (unpaired) electrons. The molecule has 1 atom stereocenters. The van der Waals surface area contributed by atoms with E-state index in [1.165, 1.54) is 5.56 Å². The molecule has 0 amide bonds. The third kappa shape index (κ3) is 5.51. The molecule has 1 aromatic carbocycles. The zero-order valence-corrected chi connectivity index (χ0v) is 13.5. The first-order valence-corrected chi connectivity index (χ1v) is 7.90. The number of nitrogens with one attached hydrogen (secondary N) is 1. The fourth-order valence-corrected chi connectivity index (χ4v) is 2.27. The van der Waals surface area contributed by atoms with Crippen molar-refractivity contribution < 1.29 is 4.74 Å². The fraction of sp³-hybridized carbons (Fsp3) is 0.647. The van der Waals surface area contributed by atoms with Crippen molar-refractivity contribution in [3.05, 3.63) is 29.8 Å². The molecule has 0 bridgehead atoms. The van der Waals surface area contributed by atoms with Crippen molar-refractivity contribution in [2.75, 3.05) is 32.8 Å². The van der Waals surface area contributed by atoms with Crippen LogP contribution in [0.1, 0.15) is 45.7 Å². The third-order valence-electron chi connectivity index (χ3n) is 3.65. The van der Waals surface area contributed by atoms with Crippen LogP contribution in [-0.4, -0.2) is 37.7 Å². The Hall–Kier alpha value is -1.06. The molecule has 3 nitrogen and oxygen atoms in total. The number of ether oxygens (including phenoxy) is 1. The van der Waals surface area contributed by atoms with E-state index >= 15 is 0 Å². The Labute approximate surface area is 124 Å². The van der Waals surface area contributed by atoms with Crippen molar-refractivity contribution in [2.24, 2.45) is 0 Å². The summed E-state index contributed by atoms with van der Waals surface area (Å²) in [6.45, 7) is 13.7. The lowest BCUT2D eigenvalue weighted by molar-refractivity contribution is 0.221. The molecule has 0 aromatic heterocycles. The number of rotatable bonds is 10. The molecule has 1 rings (SSSR count). The van der Waals surface area contributed by atoms with Crippen LogP contribution < -0.4 is 10.1 Å². The molecule has 0 aliphatic heterocycles. The van der Waals surface area contributed by atoms with Gasteiger partial charge in [-0.1, -0.05) is 39.0 Å². The summed E-state index contributed by atoms with van der Waals surface area (Å²) in [5.41, 5.74) is 1.25. The van der Waals surface area contributed by atoms with Crippen molar-refractivity contribution in [3.8, 4) is 5.75 Å². The molecule has 0 aliphatic carbocycles. The largest absolute Gasteiger partial charge is 0.492 e. The summed E-state index contributed by atoms with van der Waals surface area (Å²) in [5, 5.41) is 3.52. The van der Waals surface area contributed by atoms with E-state index in [4.69, 9.17) is 4.74 Å². The van der Waals surface area contributed by atoms with Crippen LogP contribution in [-0.2, 0) is 0 Å². The maximum atomic E-state index is 5.99. The average molecular weight is 278 g/mol. The molecule has 0 saturated heterocycles. The van der Waals surface area contributed by atoms with Crippen LogP contribution in [0.5, 0.6) is 5.75 Å². The number of hydrogen-bond donors (Lipinski definition) is 1. The van der Waals surface area contributed by atoms with E-state index in [-0.39, 0.29) is 0 Å². The van der Waals surface area contributed by atoms with Gasteiger partial charge < -0.3 is 15.0 Å². The standard InChI is InChI=1S/C17H30N2O/c1-5-12-18-15(4)16-10-8-9-11-17(16)20-14-13-19(6-2)7-3/h8-11,15,18H,5-7,12-14H2,1-4H3. The summed E-state index contributed by atoms with van der Waals surface area (Å²) in [4.78, 5) is 2.38. The smallest absolute Gasteiger partial charge is 0.124 e. The van der Waals surface area contributed by atoms with Crippen molar-refractivity contribution in [2.45, 2.75) is 40.2 Å².